The molecule has 74 valence electrons. The highest BCUT2D eigenvalue weighted by Crippen LogP contribution is 2.31. The summed E-state index contributed by atoms with van der Waals surface area (Å²) in [5.41, 5.74) is 2.21. The molecule has 0 fully saturated rings. The number of rotatable bonds is 2. The summed E-state index contributed by atoms with van der Waals surface area (Å²) in [6, 6.07) is 4.02. The van der Waals surface area contributed by atoms with E-state index >= 15 is 0 Å². The number of aryl methyl sites for hydroxylation is 1. The van der Waals surface area contributed by atoms with Crippen molar-refractivity contribution in [3.8, 4) is 5.75 Å². The maximum atomic E-state index is 5.20. The third-order valence-electron chi connectivity index (χ3n) is 2.11. The lowest BCUT2D eigenvalue weighted by Gasteiger charge is -2.00. The standard InChI is InChI=1S/C10H12N2OS/c1-6-4-7(13-3)5-8-9(6)12-10(11-2)14-8/h4-5H,1-3H3,(H,11,12). The molecule has 0 radical (unpaired) electrons. The van der Waals surface area contributed by atoms with Crippen LogP contribution in [0.15, 0.2) is 12.1 Å². The average Bonchev–Trinajstić information content (AvgIpc) is 2.61. The minimum absolute atomic E-state index is 0.890. The summed E-state index contributed by atoms with van der Waals surface area (Å²) in [7, 11) is 3.56. The van der Waals surface area contributed by atoms with Crippen LogP contribution in [0.3, 0.4) is 0 Å². The van der Waals surface area contributed by atoms with Crippen molar-refractivity contribution in [1.82, 2.24) is 4.98 Å². The average molecular weight is 208 g/mol. The molecular weight excluding hydrogens is 196 g/mol. The fourth-order valence-electron chi connectivity index (χ4n) is 1.39. The molecule has 1 aromatic carbocycles. The van der Waals surface area contributed by atoms with E-state index in [9.17, 15) is 0 Å². The zero-order valence-electron chi connectivity index (χ0n) is 8.42. The summed E-state index contributed by atoms with van der Waals surface area (Å²) in [6.45, 7) is 2.05. The van der Waals surface area contributed by atoms with Gasteiger partial charge in [-0.25, -0.2) is 4.98 Å². The van der Waals surface area contributed by atoms with Crippen LogP contribution in [0.1, 0.15) is 5.56 Å². The van der Waals surface area contributed by atoms with Crippen molar-refractivity contribution in [3.63, 3.8) is 0 Å². The Hall–Kier alpha value is -1.29. The predicted molar refractivity (Wildman–Crippen MR) is 60.5 cm³/mol. The number of fused-ring (bicyclic) bond motifs is 1. The highest BCUT2D eigenvalue weighted by atomic mass is 32.1. The third kappa shape index (κ3) is 1.42. The molecule has 0 aliphatic heterocycles. The zero-order valence-corrected chi connectivity index (χ0v) is 9.23. The number of methoxy groups -OCH3 is 1. The first-order chi connectivity index (χ1) is 6.74. The van der Waals surface area contributed by atoms with Crippen molar-refractivity contribution in [2.75, 3.05) is 19.5 Å². The molecule has 14 heavy (non-hydrogen) atoms. The quantitative estimate of drug-likeness (QED) is 0.823. The van der Waals surface area contributed by atoms with Crippen molar-refractivity contribution in [3.05, 3.63) is 17.7 Å². The summed E-state index contributed by atoms with van der Waals surface area (Å²) >= 11 is 1.64. The molecule has 0 bridgehead atoms. The Kier molecular flexibility index (Phi) is 2.29. The van der Waals surface area contributed by atoms with Gasteiger partial charge in [0.05, 0.1) is 17.3 Å². The first kappa shape index (κ1) is 9.27. The molecule has 0 unspecified atom stereocenters. The van der Waals surface area contributed by atoms with E-state index in [-0.39, 0.29) is 0 Å². The van der Waals surface area contributed by atoms with E-state index in [1.807, 2.05) is 26.1 Å². The van der Waals surface area contributed by atoms with Crippen molar-refractivity contribution in [1.29, 1.82) is 0 Å². The van der Waals surface area contributed by atoms with Crippen LogP contribution in [0, 0.1) is 6.92 Å². The van der Waals surface area contributed by atoms with Gasteiger partial charge in [-0.2, -0.15) is 0 Å². The number of anilines is 1. The van der Waals surface area contributed by atoms with Gasteiger partial charge in [0.25, 0.3) is 0 Å². The Morgan fingerprint density at radius 1 is 1.43 bits per heavy atom. The lowest BCUT2D eigenvalue weighted by Crippen LogP contribution is -1.86. The van der Waals surface area contributed by atoms with Crippen LogP contribution >= 0.6 is 11.3 Å². The Bertz CT molecular complexity index is 464. The highest BCUT2D eigenvalue weighted by Gasteiger charge is 2.06. The minimum Gasteiger partial charge on any atom is -0.497 e. The van der Waals surface area contributed by atoms with E-state index in [2.05, 4.69) is 10.3 Å². The molecule has 0 saturated carbocycles. The minimum atomic E-state index is 0.890. The van der Waals surface area contributed by atoms with Crippen LogP contribution in [0.2, 0.25) is 0 Å². The Balaban J connectivity index is 2.67. The molecule has 0 saturated heterocycles. The number of hydrogen-bond donors (Lipinski definition) is 1. The van der Waals surface area contributed by atoms with Crippen molar-refractivity contribution in [2.24, 2.45) is 0 Å². The number of nitrogens with zero attached hydrogens (tertiary/aromatic N) is 1. The largest absolute Gasteiger partial charge is 0.497 e. The topological polar surface area (TPSA) is 34.2 Å². The smallest absolute Gasteiger partial charge is 0.183 e. The van der Waals surface area contributed by atoms with Crippen LogP contribution in [0.5, 0.6) is 5.75 Å². The molecule has 0 spiro atoms. The van der Waals surface area contributed by atoms with Gasteiger partial charge in [0.2, 0.25) is 0 Å². The summed E-state index contributed by atoms with van der Waals surface area (Å²) in [5, 5.41) is 3.99. The second kappa shape index (κ2) is 3.46. The number of ether oxygens (including phenoxy) is 1. The van der Waals surface area contributed by atoms with Gasteiger partial charge in [0, 0.05) is 7.05 Å². The molecule has 0 amide bonds. The van der Waals surface area contributed by atoms with Gasteiger partial charge < -0.3 is 10.1 Å². The molecule has 4 heteroatoms. The Morgan fingerprint density at radius 3 is 2.86 bits per heavy atom. The molecule has 1 heterocycles. The lowest BCUT2D eigenvalue weighted by atomic mass is 10.2. The fourth-order valence-corrected chi connectivity index (χ4v) is 2.32. The number of benzene rings is 1. The maximum Gasteiger partial charge on any atom is 0.183 e. The van der Waals surface area contributed by atoms with E-state index in [0.717, 1.165) is 26.7 Å². The first-order valence-corrected chi connectivity index (χ1v) is 5.19. The third-order valence-corrected chi connectivity index (χ3v) is 3.13. The van der Waals surface area contributed by atoms with Gasteiger partial charge in [-0.05, 0) is 24.6 Å². The number of nitrogens with one attached hydrogen (secondary N) is 1. The first-order valence-electron chi connectivity index (χ1n) is 4.37. The molecule has 0 atom stereocenters. The van der Waals surface area contributed by atoms with Gasteiger partial charge >= 0.3 is 0 Å². The van der Waals surface area contributed by atoms with Crippen LogP contribution in [0.4, 0.5) is 5.13 Å². The molecular formula is C10H12N2OS. The normalized spacial score (nSPS) is 10.5. The number of hydrogen-bond acceptors (Lipinski definition) is 4. The zero-order chi connectivity index (χ0) is 10.1. The molecule has 0 aliphatic rings. The van der Waals surface area contributed by atoms with Gasteiger partial charge in [0.1, 0.15) is 5.75 Å². The summed E-state index contributed by atoms with van der Waals surface area (Å²) in [6.07, 6.45) is 0. The van der Waals surface area contributed by atoms with E-state index in [0.29, 0.717) is 0 Å². The molecule has 1 aromatic heterocycles. The number of aromatic nitrogens is 1. The molecule has 0 aliphatic carbocycles. The SMILES string of the molecule is CNc1nc2c(C)cc(OC)cc2s1. The Morgan fingerprint density at radius 2 is 2.21 bits per heavy atom. The second-order valence-electron chi connectivity index (χ2n) is 3.06. The van der Waals surface area contributed by atoms with Crippen LogP contribution < -0.4 is 10.1 Å². The maximum absolute atomic E-state index is 5.20. The van der Waals surface area contributed by atoms with Crippen LogP contribution in [-0.2, 0) is 0 Å². The van der Waals surface area contributed by atoms with Gasteiger partial charge in [-0.1, -0.05) is 11.3 Å². The van der Waals surface area contributed by atoms with Gasteiger partial charge in [-0.3, -0.25) is 0 Å². The summed E-state index contributed by atoms with van der Waals surface area (Å²) < 4.78 is 6.36. The number of thiazole rings is 1. The Labute approximate surface area is 86.7 Å². The van der Waals surface area contributed by atoms with Crippen LogP contribution in [-0.4, -0.2) is 19.1 Å². The van der Waals surface area contributed by atoms with E-state index in [4.69, 9.17) is 4.74 Å². The van der Waals surface area contributed by atoms with Crippen LogP contribution in [0.25, 0.3) is 10.2 Å². The fraction of sp³-hybridized carbons (Fsp3) is 0.300. The van der Waals surface area contributed by atoms with E-state index in [1.165, 1.54) is 0 Å². The van der Waals surface area contributed by atoms with Gasteiger partial charge in [-0.15, -0.1) is 0 Å². The molecule has 2 rings (SSSR count). The van der Waals surface area contributed by atoms with E-state index < -0.39 is 0 Å². The monoisotopic (exact) mass is 208 g/mol. The summed E-state index contributed by atoms with van der Waals surface area (Å²) in [5.74, 6) is 0.890. The molecule has 3 nitrogen and oxygen atoms in total. The summed E-state index contributed by atoms with van der Waals surface area (Å²) in [4.78, 5) is 4.46. The second-order valence-corrected chi connectivity index (χ2v) is 4.09. The highest BCUT2D eigenvalue weighted by molar-refractivity contribution is 7.22. The van der Waals surface area contributed by atoms with Crippen molar-refractivity contribution in [2.45, 2.75) is 6.92 Å². The van der Waals surface area contributed by atoms with Gasteiger partial charge in [0.15, 0.2) is 5.13 Å². The molecule has 1 N–H and O–H groups in total. The predicted octanol–water partition coefficient (Wildman–Crippen LogP) is 2.66. The van der Waals surface area contributed by atoms with Crippen molar-refractivity contribution < 1.29 is 4.74 Å². The van der Waals surface area contributed by atoms with E-state index in [1.54, 1.807) is 18.4 Å². The van der Waals surface area contributed by atoms with Crippen molar-refractivity contribution >= 4 is 26.7 Å². The molecule has 2 aromatic rings. The lowest BCUT2D eigenvalue weighted by molar-refractivity contribution is 0.415.